The summed E-state index contributed by atoms with van der Waals surface area (Å²) in [4.78, 5) is 5.58. The molecule has 0 amide bonds. The van der Waals surface area contributed by atoms with Crippen molar-refractivity contribution < 1.29 is 0 Å². The van der Waals surface area contributed by atoms with E-state index >= 15 is 0 Å². The number of nitrogens with zero attached hydrogens (tertiary/aromatic N) is 1. The molecule has 1 aliphatic rings. The molecule has 1 aromatic rings. The molecule has 2 N–H and O–H groups in total. The van der Waals surface area contributed by atoms with Crippen molar-refractivity contribution in [2.75, 3.05) is 13.1 Å². The first kappa shape index (κ1) is 14.0. The van der Waals surface area contributed by atoms with Crippen LogP contribution in [-0.2, 0) is 6.42 Å². The molecular formula is C15H26N2S. The van der Waals surface area contributed by atoms with Crippen molar-refractivity contribution >= 4 is 11.3 Å². The van der Waals surface area contributed by atoms with E-state index in [1.165, 1.54) is 42.0 Å². The van der Waals surface area contributed by atoms with Crippen molar-refractivity contribution in [3.63, 3.8) is 0 Å². The summed E-state index contributed by atoms with van der Waals surface area (Å²) >= 11 is 1.95. The van der Waals surface area contributed by atoms with Crippen molar-refractivity contribution in [1.29, 1.82) is 0 Å². The molecule has 1 aromatic heterocycles. The maximum atomic E-state index is 6.06. The number of rotatable bonds is 4. The molecule has 18 heavy (non-hydrogen) atoms. The lowest BCUT2D eigenvalue weighted by atomic mass is 10.1. The fourth-order valence-corrected chi connectivity index (χ4v) is 4.03. The average molecular weight is 266 g/mol. The molecule has 2 atom stereocenters. The molecule has 0 aromatic carbocycles. The Kier molecular flexibility index (Phi) is 5.22. The van der Waals surface area contributed by atoms with Crippen LogP contribution in [0.15, 0.2) is 12.1 Å². The van der Waals surface area contributed by atoms with Gasteiger partial charge in [-0.1, -0.05) is 19.8 Å². The van der Waals surface area contributed by atoms with Gasteiger partial charge in [-0.3, -0.25) is 4.90 Å². The van der Waals surface area contributed by atoms with E-state index in [-0.39, 0.29) is 0 Å². The van der Waals surface area contributed by atoms with Crippen LogP contribution in [0.25, 0.3) is 0 Å². The molecule has 1 fully saturated rings. The van der Waals surface area contributed by atoms with Crippen LogP contribution >= 0.6 is 11.3 Å². The van der Waals surface area contributed by atoms with E-state index < -0.39 is 0 Å². The molecule has 2 nitrogen and oxygen atoms in total. The molecule has 2 heterocycles. The Bertz CT molecular complexity index is 361. The molecule has 0 spiro atoms. The third-order valence-corrected chi connectivity index (χ3v) is 5.42. The van der Waals surface area contributed by atoms with E-state index in [0.29, 0.717) is 12.1 Å². The summed E-state index contributed by atoms with van der Waals surface area (Å²) in [5.74, 6) is 0. The van der Waals surface area contributed by atoms with Crippen LogP contribution in [0.5, 0.6) is 0 Å². The van der Waals surface area contributed by atoms with Crippen LogP contribution in [0.2, 0.25) is 0 Å². The second kappa shape index (κ2) is 6.69. The Morgan fingerprint density at radius 3 is 2.89 bits per heavy atom. The van der Waals surface area contributed by atoms with E-state index in [0.717, 1.165) is 13.0 Å². The van der Waals surface area contributed by atoms with Gasteiger partial charge in [0.25, 0.3) is 0 Å². The van der Waals surface area contributed by atoms with Crippen LogP contribution in [0.3, 0.4) is 0 Å². The van der Waals surface area contributed by atoms with Gasteiger partial charge >= 0.3 is 0 Å². The van der Waals surface area contributed by atoms with Gasteiger partial charge in [-0.15, -0.1) is 11.3 Å². The number of likely N-dealkylation sites (tertiary alicyclic amines) is 1. The summed E-state index contributed by atoms with van der Waals surface area (Å²) in [5, 5.41) is 0. The molecule has 1 aliphatic heterocycles. The second-order valence-electron chi connectivity index (χ2n) is 5.35. The monoisotopic (exact) mass is 266 g/mol. The van der Waals surface area contributed by atoms with E-state index in [4.69, 9.17) is 5.73 Å². The summed E-state index contributed by atoms with van der Waals surface area (Å²) in [6, 6.07) is 5.67. The number of aryl methyl sites for hydroxylation is 1. The lowest BCUT2D eigenvalue weighted by molar-refractivity contribution is 0.153. The quantitative estimate of drug-likeness (QED) is 0.902. The van der Waals surface area contributed by atoms with Gasteiger partial charge in [-0.2, -0.15) is 0 Å². The highest BCUT2D eigenvalue weighted by molar-refractivity contribution is 7.12. The fraction of sp³-hybridized carbons (Fsp3) is 0.733. The molecular weight excluding hydrogens is 240 g/mol. The van der Waals surface area contributed by atoms with Crippen LogP contribution < -0.4 is 5.73 Å². The summed E-state index contributed by atoms with van der Waals surface area (Å²) in [7, 11) is 0. The molecule has 1 saturated heterocycles. The minimum atomic E-state index is 0.434. The lowest BCUT2D eigenvalue weighted by Crippen LogP contribution is -2.39. The highest BCUT2D eigenvalue weighted by Crippen LogP contribution is 2.31. The maximum Gasteiger partial charge on any atom is 0.0566 e. The molecule has 3 heteroatoms. The lowest BCUT2D eigenvalue weighted by Gasteiger charge is -2.34. The van der Waals surface area contributed by atoms with Gasteiger partial charge in [0.2, 0.25) is 0 Å². The summed E-state index contributed by atoms with van der Waals surface area (Å²) in [6.07, 6.45) is 6.54. The van der Waals surface area contributed by atoms with Crippen LogP contribution in [-0.4, -0.2) is 24.0 Å². The maximum absolute atomic E-state index is 6.06. The Morgan fingerprint density at radius 2 is 2.22 bits per heavy atom. The smallest absolute Gasteiger partial charge is 0.0566 e. The van der Waals surface area contributed by atoms with Crippen molar-refractivity contribution in [2.24, 2.45) is 5.73 Å². The van der Waals surface area contributed by atoms with Gasteiger partial charge in [-0.05, 0) is 44.9 Å². The van der Waals surface area contributed by atoms with Gasteiger partial charge < -0.3 is 5.73 Å². The third kappa shape index (κ3) is 3.14. The molecule has 0 radical (unpaired) electrons. The van der Waals surface area contributed by atoms with Crippen molar-refractivity contribution in [3.05, 3.63) is 21.9 Å². The zero-order valence-electron chi connectivity index (χ0n) is 11.7. The Balaban J connectivity index is 2.15. The van der Waals surface area contributed by atoms with Crippen molar-refractivity contribution in [2.45, 2.75) is 58.0 Å². The van der Waals surface area contributed by atoms with Gasteiger partial charge in [0, 0.05) is 22.3 Å². The zero-order valence-corrected chi connectivity index (χ0v) is 12.5. The van der Waals surface area contributed by atoms with Gasteiger partial charge in [0.15, 0.2) is 0 Å². The molecule has 2 rings (SSSR count). The highest BCUT2D eigenvalue weighted by Gasteiger charge is 2.26. The fourth-order valence-electron chi connectivity index (χ4n) is 2.94. The van der Waals surface area contributed by atoms with Gasteiger partial charge in [-0.25, -0.2) is 0 Å². The summed E-state index contributed by atoms with van der Waals surface area (Å²) in [5.41, 5.74) is 6.06. The molecule has 2 unspecified atom stereocenters. The van der Waals surface area contributed by atoms with Crippen molar-refractivity contribution in [3.8, 4) is 0 Å². The number of hydrogen-bond acceptors (Lipinski definition) is 3. The summed E-state index contributed by atoms with van der Waals surface area (Å²) in [6.45, 7) is 6.54. The standard InChI is InChI=1S/C15H26N2S/c1-3-13-8-9-15(18-13)14(11-16)17-10-6-4-5-7-12(17)2/h8-9,12,14H,3-7,10-11,16H2,1-2H3. The van der Waals surface area contributed by atoms with Gasteiger partial charge in [0.1, 0.15) is 0 Å². The first-order valence-corrected chi connectivity index (χ1v) is 8.12. The Hall–Kier alpha value is -0.380. The SMILES string of the molecule is CCc1ccc(C(CN)N2CCCCCC2C)s1. The number of hydrogen-bond donors (Lipinski definition) is 1. The Labute approximate surface area is 115 Å². The normalized spacial score (nSPS) is 23.8. The van der Waals surface area contributed by atoms with E-state index in [1.807, 2.05) is 11.3 Å². The minimum Gasteiger partial charge on any atom is -0.329 e. The van der Waals surface area contributed by atoms with Crippen LogP contribution in [0, 0.1) is 0 Å². The van der Waals surface area contributed by atoms with E-state index in [9.17, 15) is 0 Å². The first-order valence-electron chi connectivity index (χ1n) is 7.30. The minimum absolute atomic E-state index is 0.434. The topological polar surface area (TPSA) is 29.3 Å². The van der Waals surface area contributed by atoms with E-state index in [1.54, 1.807) is 0 Å². The predicted molar refractivity (Wildman–Crippen MR) is 80.1 cm³/mol. The number of thiophene rings is 1. The summed E-state index contributed by atoms with van der Waals surface area (Å²) < 4.78 is 0. The van der Waals surface area contributed by atoms with Gasteiger partial charge in [0.05, 0.1) is 6.04 Å². The highest BCUT2D eigenvalue weighted by atomic mass is 32.1. The average Bonchev–Trinajstić information content (AvgIpc) is 2.76. The Morgan fingerprint density at radius 1 is 1.39 bits per heavy atom. The van der Waals surface area contributed by atoms with Crippen LogP contribution in [0.4, 0.5) is 0 Å². The predicted octanol–water partition coefficient (Wildman–Crippen LogP) is 3.57. The van der Waals surface area contributed by atoms with Crippen molar-refractivity contribution in [1.82, 2.24) is 4.90 Å². The molecule has 0 bridgehead atoms. The molecule has 0 saturated carbocycles. The third-order valence-electron chi connectivity index (χ3n) is 4.09. The molecule has 102 valence electrons. The van der Waals surface area contributed by atoms with E-state index in [2.05, 4.69) is 30.9 Å². The largest absolute Gasteiger partial charge is 0.329 e. The first-order chi connectivity index (χ1) is 8.76. The second-order valence-corrected chi connectivity index (χ2v) is 6.55. The van der Waals surface area contributed by atoms with Crippen LogP contribution in [0.1, 0.15) is 55.3 Å². The number of nitrogens with two attached hydrogens (primary N) is 1. The zero-order chi connectivity index (χ0) is 13.0. The molecule has 0 aliphatic carbocycles.